The van der Waals surface area contributed by atoms with Crippen LogP contribution in [0.1, 0.15) is 26.0 Å². The van der Waals surface area contributed by atoms with Crippen molar-refractivity contribution in [3.05, 3.63) is 42.0 Å². The van der Waals surface area contributed by atoms with Gasteiger partial charge in [-0.15, -0.1) is 0 Å². The van der Waals surface area contributed by atoms with Crippen LogP contribution in [0, 0.1) is 11.7 Å². The Morgan fingerprint density at radius 2 is 1.92 bits per heavy atom. The van der Waals surface area contributed by atoms with E-state index < -0.39 is 12.0 Å². The van der Waals surface area contributed by atoms with Crippen molar-refractivity contribution in [2.45, 2.75) is 32.7 Å². The van der Waals surface area contributed by atoms with Crippen molar-refractivity contribution < 1.29 is 23.1 Å². The van der Waals surface area contributed by atoms with Gasteiger partial charge in [0, 0.05) is 12.6 Å². The van der Waals surface area contributed by atoms with Crippen LogP contribution < -0.4 is 0 Å². The fraction of sp³-hybridized carbons (Fsp3) is 0.421. The number of aromatic nitrogens is 1. The van der Waals surface area contributed by atoms with Gasteiger partial charge in [0.05, 0.1) is 19.2 Å². The van der Waals surface area contributed by atoms with Crippen LogP contribution in [0.5, 0.6) is 0 Å². The fourth-order valence-corrected chi connectivity index (χ4v) is 2.56. The van der Waals surface area contributed by atoms with Crippen molar-refractivity contribution in [3.8, 4) is 11.5 Å². The van der Waals surface area contributed by atoms with E-state index in [0.717, 1.165) is 0 Å². The second-order valence-electron chi connectivity index (χ2n) is 6.50. The summed E-state index contributed by atoms with van der Waals surface area (Å²) < 4.78 is 23.2. The van der Waals surface area contributed by atoms with Crippen LogP contribution in [0.15, 0.2) is 34.9 Å². The number of benzene rings is 1. The number of hydrogen-bond donors (Lipinski definition) is 0. The van der Waals surface area contributed by atoms with Crippen molar-refractivity contribution in [2.75, 3.05) is 14.2 Å². The first-order valence-corrected chi connectivity index (χ1v) is 8.35. The number of halogens is 1. The van der Waals surface area contributed by atoms with Gasteiger partial charge in [0.2, 0.25) is 11.8 Å². The number of hydrogen-bond acceptors (Lipinski definition) is 5. The van der Waals surface area contributed by atoms with Gasteiger partial charge in [-0.3, -0.25) is 4.79 Å². The van der Waals surface area contributed by atoms with Gasteiger partial charge in [0.1, 0.15) is 18.1 Å². The Bertz CT molecular complexity index is 755. The monoisotopic (exact) mass is 362 g/mol. The van der Waals surface area contributed by atoms with Crippen LogP contribution >= 0.6 is 0 Å². The van der Waals surface area contributed by atoms with Gasteiger partial charge in [-0.1, -0.05) is 13.8 Å². The largest absolute Gasteiger partial charge is 0.467 e. The number of oxazole rings is 1. The molecule has 2 aromatic rings. The standard InChI is InChI=1S/C19H23FN2O4/c1-12(2)9-16(19(24)25-4)22(3)17(23)10-15-11-26-18(21-15)13-5-7-14(20)8-6-13/h5-8,11-12,16H,9-10H2,1-4H3/t16-/m0/s1. The van der Waals surface area contributed by atoms with Gasteiger partial charge in [0.25, 0.3) is 0 Å². The highest BCUT2D eigenvalue weighted by Gasteiger charge is 2.28. The number of likely N-dealkylation sites (N-methyl/N-ethyl adjacent to an activating group) is 1. The Kier molecular flexibility index (Phi) is 6.49. The van der Waals surface area contributed by atoms with E-state index >= 15 is 0 Å². The number of amides is 1. The van der Waals surface area contributed by atoms with Gasteiger partial charge in [0.15, 0.2) is 0 Å². The fourth-order valence-electron chi connectivity index (χ4n) is 2.56. The molecule has 0 aliphatic rings. The van der Waals surface area contributed by atoms with Gasteiger partial charge < -0.3 is 14.1 Å². The molecule has 1 amide bonds. The molecule has 140 valence electrons. The molecule has 0 saturated carbocycles. The minimum absolute atomic E-state index is 0.00716. The van der Waals surface area contributed by atoms with Crippen molar-refractivity contribution >= 4 is 11.9 Å². The maximum Gasteiger partial charge on any atom is 0.328 e. The predicted molar refractivity (Wildman–Crippen MR) is 93.6 cm³/mol. The number of rotatable bonds is 7. The Labute approximate surface area is 152 Å². The van der Waals surface area contributed by atoms with E-state index in [2.05, 4.69) is 4.98 Å². The lowest BCUT2D eigenvalue weighted by atomic mass is 10.0. The second kappa shape index (κ2) is 8.60. The Hall–Kier alpha value is -2.70. The molecule has 0 aliphatic carbocycles. The second-order valence-corrected chi connectivity index (χ2v) is 6.50. The number of methoxy groups -OCH3 is 1. The third-order valence-electron chi connectivity index (χ3n) is 4.00. The number of carbonyl (C=O) groups is 2. The van der Waals surface area contributed by atoms with Crippen LogP contribution in [-0.4, -0.2) is 42.0 Å². The van der Waals surface area contributed by atoms with E-state index in [-0.39, 0.29) is 24.1 Å². The SMILES string of the molecule is COC(=O)[C@H](CC(C)C)N(C)C(=O)Cc1coc(-c2ccc(F)cc2)n1. The van der Waals surface area contributed by atoms with E-state index in [1.54, 1.807) is 19.2 Å². The molecular weight excluding hydrogens is 339 g/mol. The molecule has 0 aliphatic heterocycles. The summed E-state index contributed by atoms with van der Waals surface area (Å²) in [6.07, 6.45) is 1.89. The van der Waals surface area contributed by atoms with E-state index in [9.17, 15) is 14.0 Å². The molecule has 0 unspecified atom stereocenters. The molecule has 0 radical (unpaired) electrons. The van der Waals surface area contributed by atoms with E-state index in [0.29, 0.717) is 23.6 Å². The highest BCUT2D eigenvalue weighted by atomic mass is 19.1. The lowest BCUT2D eigenvalue weighted by Crippen LogP contribution is -2.44. The van der Waals surface area contributed by atoms with Crippen LogP contribution in [0.3, 0.4) is 0 Å². The first-order chi connectivity index (χ1) is 12.3. The molecule has 7 heteroatoms. The van der Waals surface area contributed by atoms with Crippen molar-refractivity contribution in [1.82, 2.24) is 9.88 Å². The van der Waals surface area contributed by atoms with Gasteiger partial charge in [-0.05, 0) is 36.6 Å². The number of esters is 1. The molecule has 0 fully saturated rings. The van der Waals surface area contributed by atoms with Crippen LogP contribution in [-0.2, 0) is 20.7 Å². The zero-order valence-electron chi connectivity index (χ0n) is 15.4. The summed E-state index contributed by atoms with van der Waals surface area (Å²) in [4.78, 5) is 30.2. The summed E-state index contributed by atoms with van der Waals surface area (Å²) >= 11 is 0. The quantitative estimate of drug-likeness (QED) is 0.708. The summed E-state index contributed by atoms with van der Waals surface area (Å²) in [5, 5.41) is 0. The zero-order chi connectivity index (χ0) is 19.3. The molecule has 1 atom stereocenters. The normalized spacial score (nSPS) is 12.1. The maximum absolute atomic E-state index is 13.0. The lowest BCUT2D eigenvalue weighted by molar-refractivity contribution is -0.152. The Morgan fingerprint density at radius 1 is 1.27 bits per heavy atom. The molecular formula is C19H23FN2O4. The summed E-state index contributed by atoms with van der Waals surface area (Å²) in [5.41, 5.74) is 1.06. The highest BCUT2D eigenvalue weighted by molar-refractivity contribution is 5.85. The lowest BCUT2D eigenvalue weighted by Gasteiger charge is -2.27. The molecule has 2 rings (SSSR count). The average Bonchev–Trinajstić information content (AvgIpc) is 3.07. The molecule has 6 nitrogen and oxygen atoms in total. The molecule has 0 N–H and O–H groups in total. The molecule has 1 aromatic carbocycles. The molecule has 0 spiro atoms. The summed E-state index contributed by atoms with van der Waals surface area (Å²) in [7, 11) is 2.88. The smallest absolute Gasteiger partial charge is 0.328 e. The summed E-state index contributed by atoms with van der Waals surface area (Å²) in [6.45, 7) is 3.95. The molecule has 1 heterocycles. The van der Waals surface area contributed by atoms with Crippen molar-refractivity contribution in [3.63, 3.8) is 0 Å². The molecule has 26 heavy (non-hydrogen) atoms. The van der Waals surface area contributed by atoms with E-state index in [1.165, 1.54) is 30.4 Å². The van der Waals surface area contributed by atoms with Gasteiger partial charge in [-0.2, -0.15) is 0 Å². The third kappa shape index (κ3) is 4.91. The highest BCUT2D eigenvalue weighted by Crippen LogP contribution is 2.20. The maximum atomic E-state index is 13.0. The minimum Gasteiger partial charge on any atom is -0.467 e. The Balaban J connectivity index is 2.08. The minimum atomic E-state index is -0.643. The number of ether oxygens (including phenoxy) is 1. The Morgan fingerprint density at radius 3 is 2.50 bits per heavy atom. The molecule has 1 aromatic heterocycles. The van der Waals surface area contributed by atoms with E-state index in [1.807, 2.05) is 13.8 Å². The third-order valence-corrected chi connectivity index (χ3v) is 4.00. The topological polar surface area (TPSA) is 72.6 Å². The van der Waals surface area contributed by atoms with E-state index in [4.69, 9.17) is 9.15 Å². The summed E-state index contributed by atoms with van der Waals surface area (Å²) in [6, 6.07) is 5.08. The van der Waals surface area contributed by atoms with Gasteiger partial charge >= 0.3 is 5.97 Å². The van der Waals surface area contributed by atoms with Crippen LogP contribution in [0.4, 0.5) is 4.39 Å². The van der Waals surface area contributed by atoms with Crippen molar-refractivity contribution in [1.29, 1.82) is 0 Å². The molecule has 0 bridgehead atoms. The summed E-state index contributed by atoms with van der Waals surface area (Å²) in [5.74, 6) is -0.522. The number of carbonyl (C=O) groups excluding carboxylic acids is 2. The van der Waals surface area contributed by atoms with Gasteiger partial charge in [-0.25, -0.2) is 14.2 Å². The van der Waals surface area contributed by atoms with Crippen molar-refractivity contribution in [2.24, 2.45) is 5.92 Å². The van der Waals surface area contributed by atoms with Crippen LogP contribution in [0.2, 0.25) is 0 Å². The molecule has 0 saturated heterocycles. The average molecular weight is 362 g/mol. The van der Waals surface area contributed by atoms with Crippen LogP contribution in [0.25, 0.3) is 11.5 Å². The predicted octanol–water partition coefficient (Wildman–Crippen LogP) is 3.07. The number of nitrogens with zero attached hydrogens (tertiary/aromatic N) is 2. The first-order valence-electron chi connectivity index (χ1n) is 8.35. The zero-order valence-corrected chi connectivity index (χ0v) is 15.4. The first kappa shape index (κ1) is 19.6.